The number of rotatable bonds is 7. The molecule has 0 radical (unpaired) electrons. The largest absolute Gasteiger partial charge is 0.493 e. The number of hydrogen-bond acceptors (Lipinski definition) is 9. The van der Waals surface area contributed by atoms with Gasteiger partial charge in [-0.3, -0.25) is 4.79 Å². The second kappa shape index (κ2) is 7.58. The van der Waals surface area contributed by atoms with Crippen LogP contribution in [0.25, 0.3) is 0 Å². The van der Waals surface area contributed by atoms with Crippen LogP contribution in [0.15, 0.2) is 33.0 Å². The molecule has 0 saturated heterocycles. The summed E-state index contributed by atoms with van der Waals surface area (Å²) in [6, 6.07) is 4.92. The predicted molar refractivity (Wildman–Crippen MR) is 84.7 cm³/mol. The zero-order valence-electron chi connectivity index (χ0n) is 12.7. The molecule has 0 bridgehead atoms. The van der Waals surface area contributed by atoms with E-state index >= 15 is 0 Å². The molecule has 0 spiro atoms. The molecule has 6 N–H and O–H groups in total. The van der Waals surface area contributed by atoms with E-state index in [0.29, 0.717) is 17.1 Å². The van der Waals surface area contributed by atoms with Crippen molar-refractivity contribution >= 4 is 23.8 Å². The number of aromatic nitrogens is 2. The second-order valence-corrected chi connectivity index (χ2v) is 4.39. The van der Waals surface area contributed by atoms with E-state index < -0.39 is 5.91 Å². The number of carbonyl (C=O) groups excluding carboxylic acids is 1. The van der Waals surface area contributed by atoms with Crippen molar-refractivity contribution in [2.45, 2.75) is 0 Å². The zero-order valence-corrected chi connectivity index (χ0v) is 12.7. The Bertz CT molecular complexity index is 784. The third-order valence-electron chi connectivity index (χ3n) is 2.69. The lowest BCUT2D eigenvalue weighted by atomic mass is 10.2. The van der Waals surface area contributed by atoms with Crippen molar-refractivity contribution in [1.29, 1.82) is 0 Å². The molecule has 126 valence electrons. The summed E-state index contributed by atoms with van der Waals surface area (Å²) in [5, 5.41) is 14.5. The molecule has 0 atom stereocenters. The Morgan fingerprint density at radius 2 is 2.12 bits per heavy atom. The molecule has 0 fully saturated rings. The third-order valence-corrected chi connectivity index (χ3v) is 2.69. The van der Waals surface area contributed by atoms with Gasteiger partial charge in [-0.1, -0.05) is 0 Å². The van der Waals surface area contributed by atoms with Gasteiger partial charge in [0.05, 0.1) is 13.3 Å². The summed E-state index contributed by atoms with van der Waals surface area (Å²) in [7, 11) is 1.46. The predicted octanol–water partition coefficient (Wildman–Crippen LogP) is -0.736. The SMILES string of the molecule is COc1cc(C=N/N=C(\N)c2nonc2N)ccc1OCC(N)=O. The van der Waals surface area contributed by atoms with Gasteiger partial charge in [0.25, 0.3) is 5.91 Å². The Labute approximate surface area is 136 Å². The number of methoxy groups -OCH3 is 1. The number of anilines is 1. The standard InChI is InChI=1S/C13H15N7O4/c1-22-9-4-7(2-3-8(9)23-6-10(14)21)5-17-18-12(15)11-13(16)20-24-19-11/h2-5H,6H2,1H3,(H2,14,21)(H2,15,18)(H2,16,20). The summed E-state index contributed by atoms with van der Waals surface area (Å²) in [6.07, 6.45) is 1.43. The molecular weight excluding hydrogens is 318 g/mol. The molecule has 0 unspecified atom stereocenters. The summed E-state index contributed by atoms with van der Waals surface area (Å²) in [6.45, 7) is -0.252. The fraction of sp³-hybridized carbons (Fsp3) is 0.154. The Kier molecular flexibility index (Phi) is 5.28. The van der Waals surface area contributed by atoms with Gasteiger partial charge >= 0.3 is 0 Å². The summed E-state index contributed by atoms with van der Waals surface area (Å²) < 4.78 is 14.8. The van der Waals surface area contributed by atoms with Crippen LogP contribution in [0.2, 0.25) is 0 Å². The fourth-order valence-corrected chi connectivity index (χ4v) is 1.61. The minimum atomic E-state index is -0.589. The number of hydrogen-bond donors (Lipinski definition) is 3. The van der Waals surface area contributed by atoms with Crippen LogP contribution in [-0.2, 0) is 4.79 Å². The van der Waals surface area contributed by atoms with Crippen molar-refractivity contribution in [3.63, 3.8) is 0 Å². The van der Waals surface area contributed by atoms with Crippen LogP contribution in [0.1, 0.15) is 11.3 Å². The summed E-state index contributed by atoms with van der Waals surface area (Å²) >= 11 is 0. The summed E-state index contributed by atoms with van der Waals surface area (Å²) in [5.41, 5.74) is 16.9. The minimum Gasteiger partial charge on any atom is -0.493 e. The van der Waals surface area contributed by atoms with Crippen LogP contribution in [0.4, 0.5) is 5.82 Å². The molecule has 11 heteroatoms. The fourth-order valence-electron chi connectivity index (χ4n) is 1.61. The van der Waals surface area contributed by atoms with E-state index in [1.165, 1.54) is 13.3 Å². The van der Waals surface area contributed by atoms with Crippen molar-refractivity contribution in [2.75, 3.05) is 19.5 Å². The number of amidine groups is 1. The lowest BCUT2D eigenvalue weighted by Gasteiger charge is -2.09. The molecule has 24 heavy (non-hydrogen) atoms. The highest BCUT2D eigenvalue weighted by Crippen LogP contribution is 2.27. The number of nitrogens with two attached hydrogens (primary N) is 3. The van der Waals surface area contributed by atoms with Crippen LogP contribution in [-0.4, -0.2) is 42.0 Å². The Hall–Kier alpha value is -3.63. The summed E-state index contributed by atoms with van der Waals surface area (Å²) in [4.78, 5) is 10.7. The lowest BCUT2D eigenvalue weighted by Crippen LogP contribution is -2.20. The average Bonchev–Trinajstić information content (AvgIpc) is 2.99. The van der Waals surface area contributed by atoms with Gasteiger partial charge in [-0.05, 0) is 34.1 Å². The molecule has 1 heterocycles. The van der Waals surface area contributed by atoms with Gasteiger partial charge in [-0.2, -0.15) is 5.10 Å². The molecule has 1 aromatic heterocycles. The Balaban J connectivity index is 2.12. The first-order valence-corrected chi connectivity index (χ1v) is 6.55. The maximum atomic E-state index is 10.7. The smallest absolute Gasteiger partial charge is 0.255 e. The first-order chi connectivity index (χ1) is 11.5. The maximum absolute atomic E-state index is 10.7. The third kappa shape index (κ3) is 4.19. The van der Waals surface area contributed by atoms with E-state index in [1.807, 2.05) is 0 Å². The molecule has 2 aromatic rings. The average molecular weight is 333 g/mol. The Morgan fingerprint density at radius 3 is 2.75 bits per heavy atom. The van der Waals surface area contributed by atoms with Crippen molar-refractivity contribution in [3.8, 4) is 11.5 Å². The highest BCUT2D eigenvalue weighted by atomic mass is 16.6. The maximum Gasteiger partial charge on any atom is 0.255 e. The summed E-state index contributed by atoms with van der Waals surface area (Å²) in [5.74, 6) is 0.163. The molecular formula is C13H15N7O4. The Morgan fingerprint density at radius 1 is 1.33 bits per heavy atom. The number of benzene rings is 1. The van der Waals surface area contributed by atoms with E-state index in [4.69, 9.17) is 26.7 Å². The van der Waals surface area contributed by atoms with Crippen LogP contribution in [0.5, 0.6) is 11.5 Å². The molecule has 1 aromatic carbocycles. The van der Waals surface area contributed by atoms with Crippen LogP contribution >= 0.6 is 0 Å². The lowest BCUT2D eigenvalue weighted by molar-refractivity contribution is -0.119. The van der Waals surface area contributed by atoms with E-state index in [0.717, 1.165) is 0 Å². The normalized spacial score (nSPS) is 11.6. The first-order valence-electron chi connectivity index (χ1n) is 6.55. The van der Waals surface area contributed by atoms with Crippen molar-refractivity contribution in [2.24, 2.45) is 21.7 Å². The molecule has 0 aliphatic rings. The highest BCUT2D eigenvalue weighted by molar-refractivity contribution is 5.99. The van der Waals surface area contributed by atoms with Crippen molar-refractivity contribution in [1.82, 2.24) is 10.3 Å². The number of amides is 1. The van der Waals surface area contributed by atoms with Gasteiger partial charge in [0.2, 0.25) is 0 Å². The molecule has 0 aliphatic heterocycles. The number of carbonyl (C=O) groups is 1. The number of primary amides is 1. The van der Waals surface area contributed by atoms with Gasteiger partial charge in [-0.25, -0.2) is 4.63 Å². The van der Waals surface area contributed by atoms with Gasteiger partial charge in [0.1, 0.15) is 0 Å². The second-order valence-electron chi connectivity index (χ2n) is 4.39. The molecule has 11 nitrogen and oxygen atoms in total. The monoisotopic (exact) mass is 333 g/mol. The van der Waals surface area contributed by atoms with Gasteiger partial charge in [0, 0.05) is 0 Å². The van der Waals surface area contributed by atoms with E-state index in [9.17, 15) is 4.79 Å². The van der Waals surface area contributed by atoms with Crippen LogP contribution in [0, 0.1) is 0 Å². The zero-order chi connectivity index (χ0) is 17.5. The first kappa shape index (κ1) is 16.7. The van der Waals surface area contributed by atoms with Crippen LogP contribution < -0.4 is 26.7 Å². The van der Waals surface area contributed by atoms with E-state index in [1.54, 1.807) is 18.2 Å². The molecule has 0 aliphatic carbocycles. The topological polar surface area (TPSA) is 177 Å². The molecule has 1 amide bonds. The molecule has 0 saturated carbocycles. The van der Waals surface area contributed by atoms with Gasteiger partial charge < -0.3 is 26.7 Å². The number of nitrogens with zero attached hydrogens (tertiary/aromatic N) is 4. The van der Waals surface area contributed by atoms with Crippen LogP contribution in [0.3, 0.4) is 0 Å². The van der Waals surface area contributed by atoms with Crippen molar-refractivity contribution in [3.05, 3.63) is 29.5 Å². The van der Waals surface area contributed by atoms with Gasteiger partial charge in [0.15, 0.2) is 35.5 Å². The van der Waals surface area contributed by atoms with E-state index in [-0.39, 0.29) is 24.0 Å². The number of ether oxygens (including phenoxy) is 2. The number of nitrogen functional groups attached to an aromatic ring is 1. The van der Waals surface area contributed by atoms with E-state index in [2.05, 4.69) is 25.1 Å². The molecule has 2 rings (SSSR count). The highest BCUT2D eigenvalue weighted by Gasteiger charge is 2.10. The van der Waals surface area contributed by atoms with Crippen molar-refractivity contribution < 1.29 is 18.9 Å². The quantitative estimate of drug-likeness (QED) is 0.337. The minimum absolute atomic E-state index is 0.0177. The van der Waals surface area contributed by atoms with Gasteiger partial charge in [-0.15, -0.1) is 5.10 Å².